The Morgan fingerprint density at radius 1 is 1.00 bits per heavy atom. The van der Waals surface area contributed by atoms with Crippen LogP contribution in [0.1, 0.15) is 36.4 Å². The van der Waals surface area contributed by atoms with Crippen molar-refractivity contribution >= 4 is 32.4 Å². The topological polar surface area (TPSA) is 84.9 Å². The zero-order valence-corrected chi connectivity index (χ0v) is 23.0. The van der Waals surface area contributed by atoms with E-state index in [4.69, 9.17) is 9.47 Å². The van der Waals surface area contributed by atoms with Gasteiger partial charge in [0.15, 0.2) is 0 Å². The number of aromatic nitrogens is 2. The Hall–Kier alpha value is -3.63. The van der Waals surface area contributed by atoms with Crippen LogP contribution in [0.25, 0.3) is 0 Å². The maximum absolute atomic E-state index is 14.1. The van der Waals surface area contributed by atoms with Crippen LogP contribution in [0, 0.1) is 0 Å². The Morgan fingerprint density at radius 3 is 2.58 bits per heavy atom. The van der Waals surface area contributed by atoms with E-state index in [0.717, 1.165) is 43.0 Å². The minimum absolute atomic E-state index is 0.0330. The highest BCUT2D eigenvalue weighted by Gasteiger charge is 2.30. The van der Waals surface area contributed by atoms with Crippen LogP contribution in [0.2, 0.25) is 0 Å². The van der Waals surface area contributed by atoms with Crippen LogP contribution in [0.4, 0.5) is 10.8 Å². The van der Waals surface area contributed by atoms with Gasteiger partial charge in [-0.3, -0.25) is 0 Å². The lowest BCUT2D eigenvalue weighted by Gasteiger charge is -2.38. The van der Waals surface area contributed by atoms with Crippen LogP contribution >= 0.6 is 11.5 Å². The molecule has 198 valence electrons. The molecule has 0 spiro atoms. The first-order valence-electron chi connectivity index (χ1n) is 12.4. The third-order valence-electron chi connectivity index (χ3n) is 6.80. The Balaban J connectivity index is 1.51. The second-order valence-electron chi connectivity index (χ2n) is 9.03. The van der Waals surface area contributed by atoms with Gasteiger partial charge in [0.2, 0.25) is 5.13 Å². The normalized spacial score (nSPS) is 15.7. The summed E-state index contributed by atoms with van der Waals surface area (Å²) < 4.78 is 44.4. The number of anilines is 2. The summed E-state index contributed by atoms with van der Waals surface area (Å²) in [5, 5.41) is 0.286. The summed E-state index contributed by atoms with van der Waals surface area (Å²) in [6.07, 6.45) is 4.59. The van der Waals surface area contributed by atoms with E-state index < -0.39 is 10.0 Å². The van der Waals surface area contributed by atoms with E-state index in [2.05, 4.69) is 38.5 Å². The minimum atomic E-state index is -3.98. The number of ether oxygens (including phenoxy) is 2. The molecular weight excluding hydrogens is 520 g/mol. The SMILES string of the molecule is COc1ccc(CN(c2ncns2)S(=O)(=O)c2cccc(N3CCCCC3c3ccccc3)c2)c(OC)c1. The maximum Gasteiger partial charge on any atom is 0.266 e. The molecule has 1 fully saturated rings. The molecule has 8 nitrogen and oxygen atoms in total. The number of hydrogen-bond donors (Lipinski definition) is 0. The average Bonchev–Trinajstić information content (AvgIpc) is 3.51. The van der Waals surface area contributed by atoms with Crippen molar-refractivity contribution in [2.45, 2.75) is 36.7 Å². The highest BCUT2D eigenvalue weighted by molar-refractivity contribution is 7.93. The van der Waals surface area contributed by atoms with Crippen LogP contribution in [-0.2, 0) is 16.6 Å². The van der Waals surface area contributed by atoms with E-state index >= 15 is 0 Å². The minimum Gasteiger partial charge on any atom is -0.497 e. The van der Waals surface area contributed by atoms with Crippen molar-refractivity contribution in [1.29, 1.82) is 0 Å². The summed E-state index contributed by atoms with van der Waals surface area (Å²) >= 11 is 1.03. The smallest absolute Gasteiger partial charge is 0.266 e. The van der Waals surface area contributed by atoms with E-state index in [0.29, 0.717) is 17.1 Å². The molecule has 1 aromatic heterocycles. The van der Waals surface area contributed by atoms with Gasteiger partial charge < -0.3 is 14.4 Å². The molecular formula is C28H30N4O4S2. The van der Waals surface area contributed by atoms with Crippen molar-refractivity contribution in [2.75, 3.05) is 30.0 Å². The highest BCUT2D eigenvalue weighted by Crippen LogP contribution is 2.37. The van der Waals surface area contributed by atoms with Gasteiger partial charge in [-0.1, -0.05) is 36.4 Å². The molecule has 1 atom stereocenters. The Labute approximate surface area is 227 Å². The van der Waals surface area contributed by atoms with Gasteiger partial charge >= 0.3 is 0 Å². The van der Waals surface area contributed by atoms with E-state index in [1.807, 2.05) is 18.2 Å². The fourth-order valence-electron chi connectivity index (χ4n) is 4.88. The summed E-state index contributed by atoms with van der Waals surface area (Å²) in [4.78, 5) is 6.76. The van der Waals surface area contributed by atoms with E-state index in [9.17, 15) is 8.42 Å². The number of rotatable bonds is 9. The second-order valence-corrected chi connectivity index (χ2v) is 11.6. The molecule has 0 amide bonds. The molecule has 4 aromatic rings. The van der Waals surface area contributed by atoms with Crippen molar-refractivity contribution in [3.05, 3.63) is 90.3 Å². The number of piperidine rings is 1. The lowest BCUT2D eigenvalue weighted by atomic mass is 9.94. The van der Waals surface area contributed by atoms with Gasteiger partial charge in [-0.15, -0.1) is 0 Å². The Morgan fingerprint density at radius 2 is 1.84 bits per heavy atom. The van der Waals surface area contributed by atoms with Gasteiger partial charge in [0.25, 0.3) is 10.0 Å². The average molecular weight is 551 g/mol. The zero-order chi connectivity index (χ0) is 26.5. The second kappa shape index (κ2) is 11.4. The van der Waals surface area contributed by atoms with Crippen molar-refractivity contribution in [3.8, 4) is 11.5 Å². The summed E-state index contributed by atoms with van der Waals surface area (Å²) in [7, 11) is -0.856. The monoisotopic (exact) mass is 550 g/mol. The molecule has 0 N–H and O–H groups in total. The van der Waals surface area contributed by atoms with Gasteiger partial charge in [0.1, 0.15) is 17.8 Å². The van der Waals surface area contributed by atoms with E-state index in [1.54, 1.807) is 44.6 Å². The van der Waals surface area contributed by atoms with Gasteiger partial charge in [-0.05, 0) is 55.2 Å². The molecule has 0 saturated carbocycles. The molecule has 2 heterocycles. The van der Waals surface area contributed by atoms with Gasteiger partial charge in [0, 0.05) is 35.4 Å². The van der Waals surface area contributed by atoms with Gasteiger partial charge in [-0.25, -0.2) is 17.7 Å². The summed E-state index contributed by atoms with van der Waals surface area (Å²) in [5.74, 6) is 1.15. The first kappa shape index (κ1) is 26.0. The van der Waals surface area contributed by atoms with Gasteiger partial charge in [0.05, 0.1) is 31.7 Å². The number of methoxy groups -OCH3 is 2. The van der Waals surface area contributed by atoms with Gasteiger partial charge in [-0.2, -0.15) is 4.37 Å². The third kappa shape index (κ3) is 5.32. The lowest BCUT2D eigenvalue weighted by molar-refractivity contribution is 0.391. The first-order valence-corrected chi connectivity index (χ1v) is 14.6. The maximum atomic E-state index is 14.1. The standard InChI is InChI=1S/C28H30N4O4S2/c1-35-24-15-14-22(27(18-24)36-2)19-32(28-29-20-30-37-28)38(33,34)25-12-8-11-23(17-25)31-16-7-6-13-26(31)21-9-4-3-5-10-21/h3-5,8-12,14-15,17-18,20,26H,6-7,13,16,19H2,1-2H3. The number of benzene rings is 3. The predicted octanol–water partition coefficient (Wildman–Crippen LogP) is 5.68. The van der Waals surface area contributed by atoms with Crippen LogP contribution < -0.4 is 18.7 Å². The van der Waals surface area contributed by atoms with Crippen LogP contribution in [-0.4, -0.2) is 38.5 Å². The first-order chi connectivity index (χ1) is 18.5. The van der Waals surface area contributed by atoms with Crippen molar-refractivity contribution < 1.29 is 17.9 Å². The van der Waals surface area contributed by atoms with Crippen LogP contribution in [0.15, 0.2) is 84.0 Å². The lowest BCUT2D eigenvalue weighted by Crippen LogP contribution is -2.34. The van der Waals surface area contributed by atoms with Crippen molar-refractivity contribution in [3.63, 3.8) is 0 Å². The fraction of sp³-hybridized carbons (Fsp3) is 0.286. The highest BCUT2D eigenvalue weighted by atomic mass is 32.2. The van der Waals surface area contributed by atoms with E-state index in [-0.39, 0.29) is 22.6 Å². The molecule has 1 saturated heterocycles. The molecule has 5 rings (SSSR count). The Bertz CT molecular complexity index is 1460. The molecule has 3 aromatic carbocycles. The summed E-state index contributed by atoms with van der Waals surface area (Å²) in [6.45, 7) is 0.900. The quantitative estimate of drug-likeness (QED) is 0.265. The molecule has 38 heavy (non-hydrogen) atoms. The molecule has 0 aliphatic carbocycles. The molecule has 0 bridgehead atoms. The third-order valence-corrected chi connectivity index (χ3v) is 9.33. The summed E-state index contributed by atoms with van der Waals surface area (Å²) in [6, 6.07) is 23.1. The molecule has 1 aliphatic rings. The largest absolute Gasteiger partial charge is 0.497 e. The van der Waals surface area contributed by atoms with Crippen molar-refractivity contribution in [1.82, 2.24) is 9.36 Å². The molecule has 1 aliphatic heterocycles. The number of nitrogens with zero attached hydrogens (tertiary/aromatic N) is 4. The molecule has 10 heteroatoms. The molecule has 0 radical (unpaired) electrons. The predicted molar refractivity (Wildman–Crippen MR) is 150 cm³/mol. The van der Waals surface area contributed by atoms with E-state index in [1.165, 1.54) is 16.2 Å². The fourth-order valence-corrected chi connectivity index (χ4v) is 7.05. The van der Waals surface area contributed by atoms with Crippen LogP contribution in [0.5, 0.6) is 11.5 Å². The molecule has 1 unspecified atom stereocenters. The summed E-state index contributed by atoms with van der Waals surface area (Å²) in [5.41, 5.74) is 2.81. The number of sulfonamides is 1. The zero-order valence-electron chi connectivity index (χ0n) is 21.4. The van der Waals surface area contributed by atoms with Crippen molar-refractivity contribution in [2.24, 2.45) is 0 Å². The number of hydrogen-bond acceptors (Lipinski definition) is 8. The Kier molecular flexibility index (Phi) is 7.80. The van der Waals surface area contributed by atoms with Crippen LogP contribution in [0.3, 0.4) is 0 Å².